The van der Waals surface area contributed by atoms with E-state index in [0.717, 1.165) is 19.4 Å². The molecule has 0 saturated heterocycles. The molecule has 4 rings (SSSR count). The summed E-state index contributed by atoms with van der Waals surface area (Å²) in [6.45, 7) is 3.68. The lowest BCUT2D eigenvalue weighted by molar-refractivity contribution is -0.384. The van der Waals surface area contributed by atoms with Crippen LogP contribution in [0.1, 0.15) is 56.2 Å². The molecule has 0 radical (unpaired) electrons. The van der Waals surface area contributed by atoms with Gasteiger partial charge in [0.15, 0.2) is 5.89 Å². The molecule has 0 aliphatic rings. The highest BCUT2D eigenvalue weighted by Gasteiger charge is 2.23. The average Bonchev–Trinajstić information content (AvgIpc) is 3.59. The number of amides is 2. The van der Waals surface area contributed by atoms with Crippen molar-refractivity contribution >= 4 is 46.3 Å². The summed E-state index contributed by atoms with van der Waals surface area (Å²) in [5, 5.41) is 26.4. The van der Waals surface area contributed by atoms with Gasteiger partial charge >= 0.3 is 11.7 Å². The first-order valence-corrected chi connectivity index (χ1v) is 14.0. The van der Waals surface area contributed by atoms with Crippen LogP contribution in [0.5, 0.6) is 5.75 Å². The van der Waals surface area contributed by atoms with Crippen LogP contribution in [-0.4, -0.2) is 74.2 Å². The fourth-order valence-corrected chi connectivity index (χ4v) is 4.42. The van der Waals surface area contributed by atoms with Crippen LogP contribution < -0.4 is 21.1 Å². The molecule has 17 nitrogen and oxygen atoms in total. The number of anilines is 2. The van der Waals surface area contributed by atoms with Crippen LogP contribution in [0.4, 0.5) is 17.5 Å². The van der Waals surface area contributed by atoms with E-state index in [1.165, 1.54) is 12.1 Å². The van der Waals surface area contributed by atoms with Gasteiger partial charge in [-0.3, -0.25) is 25.0 Å². The molecule has 0 unspecified atom stereocenters. The van der Waals surface area contributed by atoms with Crippen molar-refractivity contribution in [2.75, 3.05) is 37.5 Å². The summed E-state index contributed by atoms with van der Waals surface area (Å²) in [6.07, 6.45) is 5.30. The molecule has 3 aromatic heterocycles. The number of rotatable bonds is 15. The molecular weight excluding hydrogens is 604 g/mol. The number of nitrogens with zero attached hydrogens (tertiary/aromatic N) is 5. The molecule has 0 atom stereocenters. The number of imidazole rings is 1. The maximum absolute atomic E-state index is 13.3. The molecule has 0 aliphatic heterocycles. The van der Waals surface area contributed by atoms with Crippen LogP contribution in [0.25, 0.3) is 11.0 Å². The number of hydrogen-bond acceptors (Lipinski definition) is 13. The van der Waals surface area contributed by atoms with Gasteiger partial charge in [-0.05, 0) is 18.6 Å². The summed E-state index contributed by atoms with van der Waals surface area (Å²) in [6, 6.07) is 3.98. The van der Waals surface area contributed by atoms with Gasteiger partial charge in [0.1, 0.15) is 11.3 Å². The SMILES string of the molecule is CCc1nc(C)oc1C(=O)Nc1nc2cc(C(N)=O)cc(OCCCO)c2n1C/C=C/CNc1ncc(C(=O)OC)cc1[N+](=O)[O-]. The van der Waals surface area contributed by atoms with Crippen molar-refractivity contribution in [3.8, 4) is 5.75 Å². The highest BCUT2D eigenvalue weighted by Crippen LogP contribution is 2.32. The minimum atomic E-state index is -0.760. The zero-order chi connectivity index (χ0) is 33.4. The number of aliphatic hydroxyl groups is 1. The first kappa shape index (κ1) is 33.1. The lowest BCUT2D eigenvalue weighted by Crippen LogP contribution is -2.17. The van der Waals surface area contributed by atoms with E-state index >= 15 is 0 Å². The Balaban J connectivity index is 1.66. The molecule has 0 bridgehead atoms. The van der Waals surface area contributed by atoms with Gasteiger partial charge in [-0.15, -0.1) is 0 Å². The number of pyridine rings is 1. The van der Waals surface area contributed by atoms with E-state index in [-0.39, 0.29) is 60.7 Å². The first-order chi connectivity index (χ1) is 22.1. The van der Waals surface area contributed by atoms with Gasteiger partial charge in [0, 0.05) is 50.9 Å². The van der Waals surface area contributed by atoms with E-state index in [1.54, 1.807) is 23.6 Å². The fourth-order valence-electron chi connectivity index (χ4n) is 4.42. The molecule has 5 N–H and O–H groups in total. The number of methoxy groups -OCH3 is 1. The number of benzene rings is 1. The predicted octanol–water partition coefficient (Wildman–Crippen LogP) is 2.77. The highest BCUT2D eigenvalue weighted by atomic mass is 16.6. The van der Waals surface area contributed by atoms with E-state index < -0.39 is 28.4 Å². The third-order valence-electron chi connectivity index (χ3n) is 6.55. The van der Waals surface area contributed by atoms with Gasteiger partial charge in [0.25, 0.3) is 5.91 Å². The van der Waals surface area contributed by atoms with E-state index in [4.69, 9.17) is 14.9 Å². The molecule has 0 spiro atoms. The Bertz CT molecular complexity index is 1810. The lowest BCUT2D eigenvalue weighted by Gasteiger charge is -2.12. The Morgan fingerprint density at radius 3 is 2.65 bits per heavy atom. The van der Waals surface area contributed by atoms with Crippen molar-refractivity contribution < 1.29 is 38.3 Å². The largest absolute Gasteiger partial charge is 0.491 e. The number of fused-ring (bicyclic) bond motifs is 1. The van der Waals surface area contributed by atoms with Crippen LogP contribution in [0.15, 0.2) is 41.0 Å². The van der Waals surface area contributed by atoms with Crippen molar-refractivity contribution in [3.05, 3.63) is 75.1 Å². The van der Waals surface area contributed by atoms with Gasteiger partial charge < -0.3 is 34.6 Å². The van der Waals surface area contributed by atoms with Crippen molar-refractivity contribution in [1.82, 2.24) is 19.5 Å². The molecule has 3 heterocycles. The Morgan fingerprint density at radius 1 is 1.20 bits per heavy atom. The second-order valence-electron chi connectivity index (χ2n) is 9.69. The van der Waals surface area contributed by atoms with Gasteiger partial charge in [0.2, 0.25) is 23.4 Å². The van der Waals surface area contributed by atoms with Crippen LogP contribution in [0.3, 0.4) is 0 Å². The predicted molar refractivity (Wildman–Crippen MR) is 164 cm³/mol. The molecule has 46 heavy (non-hydrogen) atoms. The average molecular weight is 637 g/mol. The second-order valence-corrected chi connectivity index (χ2v) is 9.69. The molecule has 0 saturated carbocycles. The maximum atomic E-state index is 13.3. The maximum Gasteiger partial charge on any atom is 0.339 e. The monoisotopic (exact) mass is 636 g/mol. The van der Waals surface area contributed by atoms with Gasteiger partial charge in [-0.1, -0.05) is 19.1 Å². The minimum absolute atomic E-state index is 0.0305. The number of hydrogen-bond donors (Lipinski definition) is 4. The number of aliphatic hydroxyl groups excluding tert-OH is 1. The van der Waals surface area contributed by atoms with Gasteiger partial charge in [-0.25, -0.2) is 19.7 Å². The quantitative estimate of drug-likeness (QED) is 0.0483. The molecule has 4 aromatic rings. The number of aryl methyl sites for hydroxylation is 2. The highest BCUT2D eigenvalue weighted by molar-refractivity contribution is 6.04. The molecule has 2 amide bonds. The molecule has 0 aliphatic carbocycles. The third-order valence-corrected chi connectivity index (χ3v) is 6.55. The van der Waals surface area contributed by atoms with Crippen LogP contribution in [-0.2, 0) is 17.7 Å². The first-order valence-electron chi connectivity index (χ1n) is 14.0. The van der Waals surface area contributed by atoms with Crippen LogP contribution >= 0.6 is 0 Å². The Hall–Kier alpha value is -5.84. The van der Waals surface area contributed by atoms with Crippen LogP contribution in [0.2, 0.25) is 0 Å². The molecular formula is C29H32N8O9. The Morgan fingerprint density at radius 2 is 1.98 bits per heavy atom. The molecule has 17 heteroatoms. The number of nitrogens with one attached hydrogen (secondary N) is 2. The summed E-state index contributed by atoms with van der Waals surface area (Å²) >= 11 is 0. The number of ether oxygens (including phenoxy) is 2. The number of esters is 1. The van der Waals surface area contributed by atoms with E-state index in [9.17, 15) is 29.6 Å². The number of allylic oxidation sites excluding steroid dienone is 1. The lowest BCUT2D eigenvalue weighted by atomic mass is 10.1. The van der Waals surface area contributed by atoms with E-state index in [1.807, 2.05) is 6.92 Å². The standard InChI is InChI=1S/C29H32N8O9/c1-4-19-24(46-16(2)33-19)27(40)35-29-34-20-12-17(25(30)39)14-22(45-11-7-10-38)23(20)36(29)9-6-5-8-31-26-21(37(42)43)13-18(15-32-26)28(41)44-3/h5-6,12-15,38H,4,7-11H2,1-3H3,(H2,30,39)(H,31,32)(H,34,35,40)/b6-5+. The summed E-state index contributed by atoms with van der Waals surface area (Å²) in [5.41, 5.74) is 6.38. The zero-order valence-corrected chi connectivity index (χ0v) is 25.2. The second kappa shape index (κ2) is 14.8. The number of nitro groups is 1. The van der Waals surface area contributed by atoms with Crippen molar-refractivity contribution in [1.29, 1.82) is 0 Å². The summed E-state index contributed by atoms with van der Waals surface area (Å²) < 4.78 is 17.6. The fraction of sp³-hybridized carbons (Fsp3) is 0.310. The van der Waals surface area contributed by atoms with Crippen molar-refractivity contribution in [3.63, 3.8) is 0 Å². The zero-order valence-electron chi connectivity index (χ0n) is 25.2. The number of primary amides is 1. The number of oxazole rings is 1. The molecule has 242 valence electrons. The van der Waals surface area contributed by atoms with Gasteiger partial charge in [-0.2, -0.15) is 0 Å². The van der Waals surface area contributed by atoms with Gasteiger partial charge in [0.05, 0.1) is 35.4 Å². The van der Waals surface area contributed by atoms with Crippen molar-refractivity contribution in [2.45, 2.75) is 33.2 Å². The minimum Gasteiger partial charge on any atom is -0.491 e. The molecule has 0 fully saturated rings. The van der Waals surface area contributed by atoms with E-state index in [2.05, 4.69) is 30.3 Å². The number of carbonyl (C=O) groups is 3. The van der Waals surface area contributed by atoms with Crippen LogP contribution in [0, 0.1) is 17.0 Å². The Kier molecular flexibility index (Phi) is 10.6. The Labute approximate surface area is 261 Å². The summed E-state index contributed by atoms with van der Waals surface area (Å²) in [5.74, 6) is -1.43. The smallest absolute Gasteiger partial charge is 0.339 e. The van der Waals surface area contributed by atoms with Crippen molar-refractivity contribution in [2.24, 2.45) is 5.73 Å². The number of carbonyl (C=O) groups excluding carboxylic acids is 3. The normalized spacial score (nSPS) is 11.1. The third kappa shape index (κ3) is 7.44. The topological polar surface area (TPSA) is 240 Å². The number of nitrogens with two attached hydrogens (primary N) is 1. The summed E-state index contributed by atoms with van der Waals surface area (Å²) in [7, 11) is 1.16. The summed E-state index contributed by atoms with van der Waals surface area (Å²) in [4.78, 5) is 60.7. The van der Waals surface area contributed by atoms with E-state index in [0.29, 0.717) is 35.5 Å². The number of aromatic nitrogens is 4. The molecule has 1 aromatic carbocycles.